The molecule has 4 aromatic rings. The van der Waals surface area contributed by atoms with Crippen LogP contribution in [0.15, 0.2) is 72.3 Å². The molecule has 40 heavy (non-hydrogen) atoms. The molecule has 0 bridgehead atoms. The van der Waals surface area contributed by atoms with Crippen molar-refractivity contribution in [2.45, 2.75) is 43.7 Å². The van der Waals surface area contributed by atoms with Crippen molar-refractivity contribution < 1.29 is 13.2 Å². The number of nitrogens with one attached hydrogen (secondary N) is 2. The summed E-state index contributed by atoms with van der Waals surface area (Å²) < 4.78 is 36.1. The number of sulfonamides is 1. The standard InChI is InChI=1S/C29H35N7O3S/c1-19-13-20(16-29(2,3)36(19)5)14-21-11-12-22(39-6)15-25(21)33-27-28(32-24-10-8-7-9-23(24)31-27)34-40(37,38)26-17-35(4)18-30-26/h7-12,15,17-18,20H,1,13-14,16H2,2-6H3,(H,31,33)(H,32,34). The van der Waals surface area contributed by atoms with E-state index in [4.69, 9.17) is 9.72 Å². The fourth-order valence-corrected chi connectivity index (χ4v) is 6.23. The van der Waals surface area contributed by atoms with Gasteiger partial charge in [-0.05, 0) is 62.8 Å². The monoisotopic (exact) mass is 561 g/mol. The van der Waals surface area contributed by atoms with Gasteiger partial charge < -0.3 is 19.5 Å². The third-order valence-corrected chi connectivity index (χ3v) is 8.76. The summed E-state index contributed by atoms with van der Waals surface area (Å²) in [7, 11) is 1.42. The van der Waals surface area contributed by atoms with Gasteiger partial charge in [-0.15, -0.1) is 0 Å². The number of aromatic nitrogens is 4. The van der Waals surface area contributed by atoms with Crippen molar-refractivity contribution in [3.63, 3.8) is 0 Å². The van der Waals surface area contributed by atoms with Crippen molar-refractivity contribution in [2.24, 2.45) is 13.0 Å². The number of hydrogen-bond donors (Lipinski definition) is 2. The van der Waals surface area contributed by atoms with Gasteiger partial charge in [0.2, 0.25) is 0 Å². The second-order valence-electron chi connectivity index (χ2n) is 11.0. The maximum Gasteiger partial charge on any atom is 0.282 e. The minimum Gasteiger partial charge on any atom is -0.497 e. The highest BCUT2D eigenvalue weighted by molar-refractivity contribution is 7.92. The average Bonchev–Trinajstić information content (AvgIpc) is 3.35. The topological polar surface area (TPSA) is 114 Å². The lowest BCUT2D eigenvalue weighted by Gasteiger charge is -2.46. The van der Waals surface area contributed by atoms with Gasteiger partial charge in [0.05, 0.1) is 24.5 Å². The molecule has 210 valence electrons. The third kappa shape index (κ3) is 5.60. The number of methoxy groups -OCH3 is 1. The third-order valence-electron chi connectivity index (χ3n) is 7.53. The summed E-state index contributed by atoms with van der Waals surface area (Å²) in [6, 6.07) is 13.2. The number of ether oxygens (including phenoxy) is 1. The molecule has 1 atom stereocenters. The lowest BCUT2D eigenvalue weighted by molar-refractivity contribution is 0.115. The Kier molecular flexibility index (Phi) is 7.17. The number of imidazole rings is 1. The van der Waals surface area contributed by atoms with E-state index in [2.05, 4.69) is 52.4 Å². The number of nitrogens with zero attached hydrogens (tertiary/aromatic N) is 5. The lowest BCUT2D eigenvalue weighted by Crippen LogP contribution is -2.46. The van der Waals surface area contributed by atoms with Gasteiger partial charge >= 0.3 is 0 Å². The summed E-state index contributed by atoms with van der Waals surface area (Å²) in [4.78, 5) is 15.6. The van der Waals surface area contributed by atoms with Crippen LogP contribution in [0, 0.1) is 5.92 Å². The first-order valence-corrected chi connectivity index (χ1v) is 14.6. The Bertz CT molecular complexity index is 1680. The maximum atomic E-state index is 13.2. The van der Waals surface area contributed by atoms with Crippen LogP contribution < -0.4 is 14.8 Å². The van der Waals surface area contributed by atoms with E-state index in [9.17, 15) is 8.42 Å². The second-order valence-corrected chi connectivity index (χ2v) is 12.6. The zero-order valence-corrected chi connectivity index (χ0v) is 24.3. The van der Waals surface area contributed by atoms with E-state index in [1.807, 2.05) is 36.4 Å². The molecule has 3 heterocycles. The molecular formula is C29H35N7O3S. The van der Waals surface area contributed by atoms with E-state index in [1.165, 1.54) is 12.5 Å². The van der Waals surface area contributed by atoms with Crippen molar-refractivity contribution in [1.29, 1.82) is 0 Å². The Balaban J connectivity index is 1.53. The van der Waals surface area contributed by atoms with Crippen LogP contribution in [0.25, 0.3) is 11.0 Å². The summed E-state index contributed by atoms with van der Waals surface area (Å²) in [6.45, 7) is 8.78. The van der Waals surface area contributed by atoms with Crippen LogP contribution in [0.4, 0.5) is 17.3 Å². The van der Waals surface area contributed by atoms with E-state index in [0.717, 1.165) is 36.2 Å². The number of piperidine rings is 1. The van der Waals surface area contributed by atoms with Crippen molar-refractivity contribution in [3.8, 4) is 5.75 Å². The highest BCUT2D eigenvalue weighted by Gasteiger charge is 2.34. The Morgan fingerprint density at radius 1 is 1.10 bits per heavy atom. The minimum atomic E-state index is -4.01. The molecule has 2 aromatic carbocycles. The van der Waals surface area contributed by atoms with Gasteiger partial charge in [-0.3, -0.25) is 4.72 Å². The first-order chi connectivity index (χ1) is 18.9. The molecular weight excluding hydrogens is 526 g/mol. The average molecular weight is 562 g/mol. The van der Waals surface area contributed by atoms with Gasteiger partial charge in [0.25, 0.3) is 10.0 Å². The van der Waals surface area contributed by atoms with Crippen molar-refractivity contribution in [1.82, 2.24) is 24.4 Å². The Hall–Kier alpha value is -4.12. The van der Waals surface area contributed by atoms with E-state index in [1.54, 1.807) is 24.8 Å². The molecule has 11 heteroatoms. The highest BCUT2D eigenvalue weighted by atomic mass is 32.2. The first-order valence-electron chi connectivity index (χ1n) is 13.1. The van der Waals surface area contributed by atoms with Gasteiger partial charge in [-0.25, -0.2) is 15.0 Å². The van der Waals surface area contributed by atoms with Crippen LogP contribution in [0.2, 0.25) is 0 Å². The van der Waals surface area contributed by atoms with Crippen molar-refractivity contribution in [3.05, 3.63) is 72.8 Å². The SMILES string of the molecule is C=C1CC(Cc2ccc(OC)cc2Nc2nc3ccccc3nc2NS(=O)(=O)c2cn(C)cn2)CC(C)(C)N1C. The van der Waals surface area contributed by atoms with Crippen LogP contribution in [-0.2, 0) is 23.5 Å². The summed E-state index contributed by atoms with van der Waals surface area (Å²) in [5, 5.41) is 3.27. The fourth-order valence-electron chi connectivity index (χ4n) is 5.24. The zero-order chi connectivity index (χ0) is 28.7. The second kappa shape index (κ2) is 10.5. The predicted octanol–water partition coefficient (Wildman–Crippen LogP) is 5.09. The largest absolute Gasteiger partial charge is 0.497 e. The van der Waals surface area contributed by atoms with Crippen LogP contribution in [0.3, 0.4) is 0 Å². The first kappa shape index (κ1) is 27.4. The molecule has 10 nitrogen and oxygen atoms in total. The molecule has 0 spiro atoms. The molecule has 0 saturated carbocycles. The molecule has 1 aliphatic heterocycles. The summed E-state index contributed by atoms with van der Waals surface area (Å²) in [5.74, 6) is 1.41. The number of para-hydroxylation sites is 2. The van der Waals surface area contributed by atoms with Crippen molar-refractivity contribution >= 4 is 38.4 Å². The zero-order valence-electron chi connectivity index (χ0n) is 23.5. The number of allylic oxidation sites excluding steroid dienone is 1. The number of anilines is 3. The molecule has 1 fully saturated rings. The number of aryl methyl sites for hydroxylation is 1. The van der Waals surface area contributed by atoms with E-state index < -0.39 is 10.0 Å². The smallest absolute Gasteiger partial charge is 0.282 e. The van der Waals surface area contributed by atoms with E-state index >= 15 is 0 Å². The van der Waals surface area contributed by atoms with Crippen LogP contribution >= 0.6 is 0 Å². The minimum absolute atomic E-state index is 0.000800. The van der Waals surface area contributed by atoms with Crippen LogP contribution in [0.5, 0.6) is 5.75 Å². The molecule has 0 aliphatic carbocycles. The van der Waals surface area contributed by atoms with Crippen molar-refractivity contribution in [2.75, 3.05) is 24.2 Å². The Labute approximate surface area is 235 Å². The lowest BCUT2D eigenvalue weighted by atomic mass is 9.78. The Morgan fingerprint density at radius 3 is 2.42 bits per heavy atom. The number of likely N-dealkylation sites (tertiary alicyclic amines) is 1. The summed E-state index contributed by atoms with van der Waals surface area (Å²) in [5.41, 5.74) is 4.14. The molecule has 0 amide bonds. The predicted molar refractivity (Wildman–Crippen MR) is 157 cm³/mol. The van der Waals surface area contributed by atoms with E-state index in [0.29, 0.717) is 22.7 Å². The number of benzene rings is 2. The van der Waals surface area contributed by atoms with Crippen LogP contribution in [0.1, 0.15) is 32.3 Å². The van der Waals surface area contributed by atoms with E-state index in [-0.39, 0.29) is 22.2 Å². The molecule has 0 radical (unpaired) electrons. The molecule has 2 N–H and O–H groups in total. The van der Waals surface area contributed by atoms with Gasteiger partial charge in [-0.2, -0.15) is 8.42 Å². The van der Waals surface area contributed by atoms with Gasteiger partial charge in [-0.1, -0.05) is 24.8 Å². The molecule has 1 aliphatic rings. The molecule has 1 unspecified atom stereocenters. The summed E-state index contributed by atoms with van der Waals surface area (Å²) >= 11 is 0. The molecule has 2 aromatic heterocycles. The van der Waals surface area contributed by atoms with Crippen LogP contribution in [-0.4, -0.2) is 52.5 Å². The van der Waals surface area contributed by atoms with Gasteiger partial charge in [0.1, 0.15) is 5.75 Å². The van der Waals surface area contributed by atoms with Gasteiger partial charge in [0, 0.05) is 43.3 Å². The number of rotatable bonds is 8. The molecule has 1 saturated heterocycles. The molecule has 5 rings (SSSR count). The Morgan fingerprint density at radius 2 is 1.80 bits per heavy atom. The maximum absolute atomic E-state index is 13.2. The fraction of sp³-hybridized carbons (Fsp3) is 0.345. The normalized spacial score (nSPS) is 17.2. The number of hydrogen-bond acceptors (Lipinski definition) is 8. The highest BCUT2D eigenvalue weighted by Crippen LogP contribution is 2.39. The quantitative estimate of drug-likeness (QED) is 0.306. The number of fused-ring (bicyclic) bond motifs is 1. The van der Waals surface area contributed by atoms with Gasteiger partial charge in [0.15, 0.2) is 16.7 Å². The summed E-state index contributed by atoms with van der Waals surface area (Å²) in [6.07, 6.45) is 5.58.